The van der Waals surface area contributed by atoms with Gasteiger partial charge < -0.3 is 9.84 Å². The molecule has 0 aromatic rings. The van der Waals surface area contributed by atoms with Crippen LogP contribution >= 0.6 is 0 Å². The van der Waals surface area contributed by atoms with Crippen LogP contribution in [0.2, 0.25) is 0 Å². The van der Waals surface area contributed by atoms with Gasteiger partial charge in [0.25, 0.3) is 0 Å². The Balaban J connectivity index is 3.82. The van der Waals surface area contributed by atoms with Crippen molar-refractivity contribution in [2.45, 2.75) is 71.6 Å². The van der Waals surface area contributed by atoms with E-state index >= 15 is 0 Å². The smallest absolute Gasteiger partial charge is 0.320 e. The zero-order valence-corrected chi connectivity index (χ0v) is 12.3. The average molecular weight is 272 g/mol. The lowest BCUT2D eigenvalue weighted by Crippen LogP contribution is -2.26. The van der Waals surface area contributed by atoms with Gasteiger partial charge in [-0.2, -0.15) is 0 Å². The summed E-state index contributed by atoms with van der Waals surface area (Å²) in [6.07, 6.45) is 8.50. The first-order valence-corrected chi connectivity index (χ1v) is 7.52. The van der Waals surface area contributed by atoms with Crippen LogP contribution in [0.4, 0.5) is 0 Å². The van der Waals surface area contributed by atoms with Crippen LogP contribution in [0.25, 0.3) is 0 Å². The maximum atomic E-state index is 11.7. The first-order chi connectivity index (χ1) is 9.13. The Morgan fingerprint density at radius 2 is 1.53 bits per heavy atom. The van der Waals surface area contributed by atoms with Crippen molar-refractivity contribution in [2.75, 3.05) is 6.61 Å². The lowest BCUT2D eigenvalue weighted by Gasteiger charge is -2.11. The van der Waals surface area contributed by atoms with Gasteiger partial charge in [0, 0.05) is 0 Å². The number of unbranched alkanes of at least 4 members (excludes halogenated alkanes) is 6. The second-order valence-corrected chi connectivity index (χ2v) is 4.97. The number of carboxylic acid groups (broad SMARTS) is 1. The first kappa shape index (κ1) is 17.9. The summed E-state index contributed by atoms with van der Waals surface area (Å²) in [5.74, 6) is -2.62. The maximum absolute atomic E-state index is 11.7. The van der Waals surface area contributed by atoms with Crippen LogP contribution in [0.15, 0.2) is 0 Å². The van der Waals surface area contributed by atoms with Crippen molar-refractivity contribution in [2.24, 2.45) is 5.92 Å². The minimum Gasteiger partial charge on any atom is -0.481 e. The molecule has 0 aliphatic carbocycles. The molecule has 4 heteroatoms. The Kier molecular flexibility index (Phi) is 11.3. The fourth-order valence-corrected chi connectivity index (χ4v) is 1.92. The minimum absolute atomic E-state index is 0.347. The lowest BCUT2D eigenvalue weighted by molar-refractivity contribution is -0.159. The molecule has 0 bridgehead atoms. The monoisotopic (exact) mass is 272 g/mol. The maximum Gasteiger partial charge on any atom is 0.320 e. The van der Waals surface area contributed by atoms with Gasteiger partial charge in [-0.3, -0.25) is 9.59 Å². The molecule has 1 N–H and O–H groups in total. The van der Waals surface area contributed by atoms with Crippen LogP contribution in [0, 0.1) is 5.92 Å². The van der Waals surface area contributed by atoms with Crippen molar-refractivity contribution in [3.8, 4) is 0 Å². The quantitative estimate of drug-likeness (QED) is 0.333. The fourth-order valence-electron chi connectivity index (χ4n) is 1.92. The van der Waals surface area contributed by atoms with Gasteiger partial charge in [-0.1, -0.05) is 58.8 Å². The van der Waals surface area contributed by atoms with Crippen LogP contribution < -0.4 is 0 Å². The minimum atomic E-state index is -1.06. The summed E-state index contributed by atoms with van der Waals surface area (Å²) in [6, 6.07) is 0. The van der Waals surface area contributed by atoms with Crippen molar-refractivity contribution >= 4 is 11.9 Å². The van der Waals surface area contributed by atoms with Gasteiger partial charge in [-0.25, -0.2) is 0 Å². The Hall–Kier alpha value is -1.06. The topological polar surface area (TPSA) is 63.6 Å². The van der Waals surface area contributed by atoms with E-state index < -0.39 is 17.9 Å². The summed E-state index contributed by atoms with van der Waals surface area (Å²) in [4.78, 5) is 22.7. The summed E-state index contributed by atoms with van der Waals surface area (Å²) in [7, 11) is 0. The van der Waals surface area contributed by atoms with Gasteiger partial charge in [-0.15, -0.1) is 0 Å². The van der Waals surface area contributed by atoms with Gasteiger partial charge >= 0.3 is 11.9 Å². The zero-order chi connectivity index (χ0) is 14.5. The van der Waals surface area contributed by atoms with E-state index in [1.165, 1.54) is 12.8 Å². The molecule has 0 saturated heterocycles. The Morgan fingerprint density at radius 3 is 2.11 bits per heavy atom. The molecule has 0 aliphatic heterocycles. The van der Waals surface area contributed by atoms with Crippen LogP contribution in [-0.4, -0.2) is 23.7 Å². The number of rotatable bonds is 12. The summed E-state index contributed by atoms with van der Waals surface area (Å²) in [5.41, 5.74) is 0. The van der Waals surface area contributed by atoms with Gasteiger partial charge in [0.2, 0.25) is 0 Å². The molecule has 1 atom stereocenters. The highest BCUT2D eigenvalue weighted by Gasteiger charge is 2.26. The molecular formula is C15H28O4. The predicted octanol–water partition coefficient (Wildman–Crippen LogP) is 3.78. The molecule has 0 aliphatic rings. The first-order valence-electron chi connectivity index (χ1n) is 7.52. The van der Waals surface area contributed by atoms with Gasteiger partial charge in [0.15, 0.2) is 5.92 Å². The molecule has 0 amide bonds. The van der Waals surface area contributed by atoms with Crippen molar-refractivity contribution in [3.63, 3.8) is 0 Å². The van der Waals surface area contributed by atoms with E-state index in [4.69, 9.17) is 9.84 Å². The van der Waals surface area contributed by atoms with Crippen LogP contribution in [0.5, 0.6) is 0 Å². The molecule has 0 spiro atoms. The number of hydrogen-bond donors (Lipinski definition) is 1. The molecule has 4 nitrogen and oxygen atoms in total. The van der Waals surface area contributed by atoms with Crippen molar-refractivity contribution < 1.29 is 19.4 Å². The number of hydrogen-bond acceptors (Lipinski definition) is 3. The molecule has 0 rings (SSSR count). The molecule has 0 aromatic carbocycles. The van der Waals surface area contributed by atoms with E-state index in [0.29, 0.717) is 13.0 Å². The van der Waals surface area contributed by atoms with E-state index in [9.17, 15) is 9.59 Å². The molecular weight excluding hydrogens is 244 g/mol. The lowest BCUT2D eigenvalue weighted by atomic mass is 10.0. The number of aliphatic carboxylic acids is 1. The second-order valence-electron chi connectivity index (χ2n) is 4.97. The van der Waals surface area contributed by atoms with Gasteiger partial charge in [0.1, 0.15) is 0 Å². The summed E-state index contributed by atoms with van der Waals surface area (Å²) in [5, 5.41) is 9.01. The standard InChI is InChI=1S/C15H28O4/c1-3-5-7-8-10-12-19-15(18)13(14(16)17)11-9-6-4-2/h13H,3-12H2,1-2H3,(H,16,17). The van der Waals surface area contributed by atoms with Crippen molar-refractivity contribution in [3.05, 3.63) is 0 Å². The molecule has 0 radical (unpaired) electrons. The largest absolute Gasteiger partial charge is 0.481 e. The molecule has 112 valence electrons. The third kappa shape index (κ3) is 9.51. The third-order valence-electron chi connectivity index (χ3n) is 3.17. The van der Waals surface area contributed by atoms with E-state index in [0.717, 1.165) is 38.5 Å². The van der Waals surface area contributed by atoms with E-state index in [1.807, 2.05) is 6.92 Å². The van der Waals surface area contributed by atoms with Crippen LogP contribution in [0.1, 0.15) is 71.6 Å². The summed E-state index contributed by atoms with van der Waals surface area (Å²) >= 11 is 0. The molecule has 0 saturated carbocycles. The number of carbonyl (C=O) groups excluding carboxylic acids is 1. The molecule has 0 aromatic heterocycles. The molecule has 19 heavy (non-hydrogen) atoms. The predicted molar refractivity (Wildman–Crippen MR) is 75.0 cm³/mol. The normalized spacial score (nSPS) is 12.1. The van der Waals surface area contributed by atoms with Crippen molar-refractivity contribution in [1.82, 2.24) is 0 Å². The Morgan fingerprint density at radius 1 is 0.947 bits per heavy atom. The molecule has 0 fully saturated rings. The summed E-state index contributed by atoms with van der Waals surface area (Å²) < 4.78 is 5.06. The number of carbonyl (C=O) groups is 2. The fraction of sp³-hybridized carbons (Fsp3) is 0.867. The van der Waals surface area contributed by atoms with E-state index in [-0.39, 0.29) is 0 Å². The highest BCUT2D eigenvalue weighted by Crippen LogP contribution is 2.13. The molecule has 0 heterocycles. The molecule has 1 unspecified atom stereocenters. The van der Waals surface area contributed by atoms with E-state index in [1.54, 1.807) is 0 Å². The Labute approximate surface area is 116 Å². The van der Waals surface area contributed by atoms with Crippen molar-refractivity contribution in [1.29, 1.82) is 0 Å². The highest BCUT2D eigenvalue weighted by molar-refractivity contribution is 5.93. The Bertz CT molecular complexity index is 251. The average Bonchev–Trinajstić information content (AvgIpc) is 2.38. The number of carboxylic acids is 1. The number of ether oxygens (including phenoxy) is 1. The highest BCUT2D eigenvalue weighted by atomic mass is 16.5. The zero-order valence-electron chi connectivity index (χ0n) is 12.3. The van der Waals surface area contributed by atoms with Crippen LogP contribution in [0.3, 0.4) is 0 Å². The summed E-state index contributed by atoms with van der Waals surface area (Å²) in [6.45, 7) is 4.54. The SMILES string of the molecule is CCCCCCCOC(=O)C(CCCCC)C(=O)O. The van der Waals surface area contributed by atoms with Gasteiger partial charge in [0.05, 0.1) is 6.61 Å². The second kappa shape index (κ2) is 12.0. The third-order valence-corrected chi connectivity index (χ3v) is 3.17. The van der Waals surface area contributed by atoms with Gasteiger partial charge in [-0.05, 0) is 12.8 Å². The van der Waals surface area contributed by atoms with E-state index in [2.05, 4.69) is 6.92 Å². The van der Waals surface area contributed by atoms with Crippen LogP contribution in [-0.2, 0) is 14.3 Å². The number of esters is 1.